The molecule has 2 N–H and O–H groups in total. The smallest absolute Gasteiger partial charge is 0.215 e. The molecule has 0 bridgehead atoms. The number of halogens is 1. The molecule has 162 valence electrons. The van der Waals surface area contributed by atoms with Gasteiger partial charge in [0.2, 0.25) is 10.0 Å². The lowest BCUT2D eigenvalue weighted by atomic mass is 10.1. The van der Waals surface area contributed by atoms with Crippen molar-refractivity contribution in [3.63, 3.8) is 0 Å². The molecule has 8 nitrogen and oxygen atoms in total. The van der Waals surface area contributed by atoms with E-state index in [2.05, 4.69) is 26.8 Å². The average molecular weight is 534 g/mol. The van der Waals surface area contributed by atoms with Gasteiger partial charge in [0.05, 0.1) is 17.5 Å². The summed E-state index contributed by atoms with van der Waals surface area (Å²) in [7, 11) is -1.59. The fourth-order valence-electron chi connectivity index (χ4n) is 2.89. The van der Waals surface area contributed by atoms with E-state index in [0.29, 0.717) is 25.6 Å². The average Bonchev–Trinajstić information content (AvgIpc) is 3.22. The van der Waals surface area contributed by atoms with E-state index in [1.54, 1.807) is 17.9 Å². The highest BCUT2D eigenvalue weighted by Gasteiger charge is 2.18. The SMILES string of the molecule is CCN(CC)S(=O)(=O)CCNC(=NC)NC(C)c1cccc(-n2cccn2)c1.I. The van der Waals surface area contributed by atoms with Crippen molar-refractivity contribution in [1.29, 1.82) is 0 Å². The van der Waals surface area contributed by atoms with Crippen LogP contribution in [0.25, 0.3) is 5.69 Å². The van der Waals surface area contributed by atoms with Gasteiger partial charge in [0.1, 0.15) is 0 Å². The Balaban J connectivity index is 0.00000420. The molecule has 0 radical (unpaired) electrons. The van der Waals surface area contributed by atoms with Gasteiger partial charge in [-0.05, 0) is 30.7 Å². The van der Waals surface area contributed by atoms with E-state index < -0.39 is 10.0 Å². The third kappa shape index (κ3) is 7.27. The lowest BCUT2D eigenvalue weighted by Crippen LogP contribution is -2.42. The summed E-state index contributed by atoms with van der Waals surface area (Å²) in [4.78, 5) is 4.20. The van der Waals surface area contributed by atoms with Crippen LogP contribution in [-0.2, 0) is 10.0 Å². The fourth-order valence-corrected chi connectivity index (χ4v) is 4.29. The molecule has 10 heteroatoms. The molecule has 2 rings (SSSR count). The lowest BCUT2D eigenvalue weighted by molar-refractivity contribution is 0.445. The molecule has 0 aliphatic carbocycles. The van der Waals surface area contributed by atoms with Gasteiger partial charge < -0.3 is 10.6 Å². The number of aliphatic imine (C=N–C) groups is 1. The highest BCUT2D eigenvalue weighted by molar-refractivity contribution is 14.0. The first-order chi connectivity index (χ1) is 13.4. The third-order valence-corrected chi connectivity index (χ3v) is 6.49. The fraction of sp³-hybridized carbons (Fsp3) is 0.474. The Morgan fingerprint density at radius 1 is 1.28 bits per heavy atom. The van der Waals surface area contributed by atoms with Crippen molar-refractivity contribution < 1.29 is 8.42 Å². The zero-order valence-electron chi connectivity index (χ0n) is 17.4. The Kier molecular flexibility index (Phi) is 10.6. The van der Waals surface area contributed by atoms with Gasteiger partial charge in [0, 0.05) is 39.1 Å². The first-order valence-electron chi connectivity index (χ1n) is 9.46. The van der Waals surface area contributed by atoms with Gasteiger partial charge in [-0.2, -0.15) is 5.10 Å². The number of nitrogens with zero attached hydrogens (tertiary/aromatic N) is 4. The number of rotatable bonds is 9. The Morgan fingerprint density at radius 3 is 2.59 bits per heavy atom. The van der Waals surface area contributed by atoms with Crippen LogP contribution in [0.2, 0.25) is 0 Å². The van der Waals surface area contributed by atoms with Crippen molar-refractivity contribution in [1.82, 2.24) is 24.7 Å². The van der Waals surface area contributed by atoms with Gasteiger partial charge in [-0.1, -0.05) is 26.0 Å². The number of aromatic nitrogens is 2. The second-order valence-corrected chi connectivity index (χ2v) is 8.40. The van der Waals surface area contributed by atoms with E-state index in [1.807, 2.05) is 51.2 Å². The van der Waals surface area contributed by atoms with Gasteiger partial charge in [0.25, 0.3) is 0 Å². The summed E-state index contributed by atoms with van der Waals surface area (Å²) in [6.07, 6.45) is 3.64. The zero-order valence-corrected chi connectivity index (χ0v) is 20.5. The normalized spacial score (nSPS) is 13.1. The van der Waals surface area contributed by atoms with Gasteiger partial charge in [0.15, 0.2) is 5.96 Å². The first kappa shape index (κ1) is 25.4. The molecule has 2 aromatic rings. The highest BCUT2D eigenvalue weighted by atomic mass is 127. The van der Waals surface area contributed by atoms with E-state index in [4.69, 9.17) is 0 Å². The summed E-state index contributed by atoms with van der Waals surface area (Å²) in [5.74, 6) is 0.588. The summed E-state index contributed by atoms with van der Waals surface area (Å²) >= 11 is 0. The van der Waals surface area contributed by atoms with E-state index in [1.165, 1.54) is 4.31 Å². The minimum Gasteiger partial charge on any atom is -0.355 e. The van der Waals surface area contributed by atoms with E-state index >= 15 is 0 Å². The summed E-state index contributed by atoms with van der Waals surface area (Å²) in [6.45, 7) is 6.97. The molecule has 0 aliphatic rings. The Morgan fingerprint density at radius 2 is 2.00 bits per heavy atom. The molecule has 0 aliphatic heterocycles. The van der Waals surface area contributed by atoms with Crippen LogP contribution < -0.4 is 10.6 Å². The van der Waals surface area contributed by atoms with Gasteiger partial charge in [-0.3, -0.25) is 4.99 Å². The molecule has 1 aromatic carbocycles. The van der Waals surface area contributed by atoms with Crippen LogP contribution in [0.3, 0.4) is 0 Å². The second-order valence-electron chi connectivity index (χ2n) is 6.31. The van der Waals surface area contributed by atoms with E-state index in [0.717, 1.165) is 11.3 Å². The van der Waals surface area contributed by atoms with Crippen molar-refractivity contribution in [2.24, 2.45) is 4.99 Å². The summed E-state index contributed by atoms with van der Waals surface area (Å²) in [5, 5.41) is 10.6. The predicted octanol–water partition coefficient (Wildman–Crippen LogP) is 2.39. The number of hydrogen-bond donors (Lipinski definition) is 2. The van der Waals surface area contributed by atoms with Crippen LogP contribution in [0.1, 0.15) is 32.4 Å². The predicted molar refractivity (Wildman–Crippen MR) is 129 cm³/mol. The first-order valence-corrected chi connectivity index (χ1v) is 11.1. The molecule has 1 unspecified atom stereocenters. The zero-order chi connectivity index (χ0) is 20.6. The molecule has 0 spiro atoms. The van der Waals surface area contributed by atoms with Crippen molar-refractivity contribution in [3.05, 3.63) is 48.3 Å². The quantitative estimate of drug-likeness (QED) is 0.293. The number of hydrogen-bond acceptors (Lipinski definition) is 4. The van der Waals surface area contributed by atoms with E-state index in [-0.39, 0.29) is 35.8 Å². The molecular weight excluding hydrogens is 503 g/mol. The maximum absolute atomic E-state index is 12.3. The van der Waals surface area contributed by atoms with Crippen LogP contribution in [0, 0.1) is 0 Å². The third-order valence-electron chi connectivity index (χ3n) is 4.47. The molecule has 0 fully saturated rings. The number of sulfonamides is 1. The highest BCUT2D eigenvalue weighted by Crippen LogP contribution is 2.16. The molecule has 29 heavy (non-hydrogen) atoms. The van der Waals surface area contributed by atoms with Crippen molar-refractivity contribution in [2.75, 3.05) is 32.4 Å². The monoisotopic (exact) mass is 534 g/mol. The van der Waals surface area contributed by atoms with Gasteiger partial charge in [-0.15, -0.1) is 24.0 Å². The molecule has 0 saturated carbocycles. The van der Waals surface area contributed by atoms with Gasteiger partial charge >= 0.3 is 0 Å². The maximum Gasteiger partial charge on any atom is 0.215 e. The molecule has 0 saturated heterocycles. The molecule has 0 amide bonds. The minimum atomic E-state index is -3.26. The molecular formula is C19H31IN6O2S. The molecule has 1 heterocycles. The van der Waals surface area contributed by atoms with Crippen LogP contribution in [0.4, 0.5) is 0 Å². The Hall–Kier alpha value is -1.66. The van der Waals surface area contributed by atoms with Crippen LogP contribution in [0.15, 0.2) is 47.7 Å². The van der Waals surface area contributed by atoms with Crippen LogP contribution in [0.5, 0.6) is 0 Å². The van der Waals surface area contributed by atoms with Crippen LogP contribution >= 0.6 is 24.0 Å². The van der Waals surface area contributed by atoms with Crippen molar-refractivity contribution in [3.8, 4) is 5.69 Å². The number of guanidine groups is 1. The Bertz CT molecular complexity index is 867. The van der Waals surface area contributed by atoms with E-state index in [9.17, 15) is 8.42 Å². The number of benzene rings is 1. The summed E-state index contributed by atoms with van der Waals surface area (Å²) < 4.78 is 27.8. The topological polar surface area (TPSA) is 91.6 Å². The minimum absolute atomic E-state index is 0. The van der Waals surface area contributed by atoms with Crippen molar-refractivity contribution >= 4 is 40.0 Å². The summed E-state index contributed by atoms with van der Waals surface area (Å²) in [5.41, 5.74) is 2.05. The molecule has 1 aromatic heterocycles. The largest absolute Gasteiger partial charge is 0.355 e. The summed E-state index contributed by atoms with van der Waals surface area (Å²) in [6, 6.07) is 9.94. The standard InChI is InChI=1S/C19H30N6O2S.HI/c1-5-24(6-2)28(26,27)14-12-21-19(20-4)23-16(3)17-9-7-10-18(15-17)25-13-8-11-22-25;/h7-11,13,15-16H,5-6,12,14H2,1-4H3,(H2,20,21,23);1H. The molecule has 1 atom stereocenters. The lowest BCUT2D eigenvalue weighted by Gasteiger charge is -2.21. The Labute approximate surface area is 190 Å². The second kappa shape index (κ2) is 12.1. The van der Waals surface area contributed by atoms with Crippen molar-refractivity contribution in [2.45, 2.75) is 26.8 Å². The maximum atomic E-state index is 12.3. The van der Waals surface area contributed by atoms with Gasteiger partial charge in [-0.25, -0.2) is 17.4 Å². The van der Waals surface area contributed by atoms with Crippen LogP contribution in [-0.4, -0.2) is 60.9 Å². The number of nitrogens with one attached hydrogen (secondary N) is 2.